The predicted molar refractivity (Wildman–Crippen MR) is 127 cm³/mol. The molecule has 0 saturated carbocycles. The normalized spacial score (nSPS) is 22.1. The number of carbonyl (C=O) groups excluding carboxylic acids is 3. The number of ether oxygens (including phenoxy) is 3. The van der Waals surface area contributed by atoms with Crippen molar-refractivity contribution in [2.45, 2.75) is 26.2 Å². The highest BCUT2D eigenvalue weighted by atomic mass is 32.1. The van der Waals surface area contributed by atoms with Gasteiger partial charge in [0.25, 0.3) is 0 Å². The summed E-state index contributed by atoms with van der Waals surface area (Å²) in [7, 11) is 1.28. The summed E-state index contributed by atoms with van der Waals surface area (Å²) >= 11 is 1.46. The second kappa shape index (κ2) is 10.3. The van der Waals surface area contributed by atoms with Gasteiger partial charge >= 0.3 is 11.9 Å². The van der Waals surface area contributed by atoms with Crippen LogP contribution in [0.2, 0.25) is 0 Å². The number of rotatable bonds is 7. The standard InChI is InChI=1S/C26H27NO6S/c1-15-14-18-22(24(28)20(15)25(29)31-3)23(19-10-7-13-34-19)21(16(2)27-18)26(30)33-12-11-32-17-8-5-4-6-9-17/h4-10,13,15,20,23,27H,11-12,14H2,1-3H3/t15-,20-,23+/m0/s1. The van der Waals surface area contributed by atoms with Gasteiger partial charge in [0.05, 0.1) is 18.6 Å². The van der Waals surface area contributed by atoms with Crippen LogP contribution < -0.4 is 10.1 Å². The summed E-state index contributed by atoms with van der Waals surface area (Å²) in [5.41, 5.74) is 2.20. The quantitative estimate of drug-likeness (QED) is 0.363. The zero-order valence-corrected chi connectivity index (χ0v) is 20.1. The van der Waals surface area contributed by atoms with E-state index in [1.54, 1.807) is 0 Å². The summed E-state index contributed by atoms with van der Waals surface area (Å²) in [6.45, 7) is 3.93. The average Bonchev–Trinajstić information content (AvgIpc) is 3.36. The topological polar surface area (TPSA) is 90.9 Å². The van der Waals surface area contributed by atoms with Crippen LogP contribution in [0.4, 0.5) is 0 Å². The molecule has 0 bridgehead atoms. The number of hydrogen-bond donors (Lipinski definition) is 1. The van der Waals surface area contributed by atoms with Crippen molar-refractivity contribution in [1.29, 1.82) is 0 Å². The van der Waals surface area contributed by atoms with E-state index in [2.05, 4.69) is 5.32 Å². The summed E-state index contributed by atoms with van der Waals surface area (Å²) in [5.74, 6) is -2.41. The van der Waals surface area contributed by atoms with E-state index in [9.17, 15) is 14.4 Å². The highest BCUT2D eigenvalue weighted by molar-refractivity contribution is 7.10. The van der Waals surface area contributed by atoms with Gasteiger partial charge in [0, 0.05) is 21.8 Å². The molecular weight excluding hydrogens is 454 g/mol. The molecule has 0 amide bonds. The van der Waals surface area contributed by atoms with Crippen LogP contribution in [-0.4, -0.2) is 38.0 Å². The van der Waals surface area contributed by atoms with E-state index in [1.807, 2.05) is 61.7 Å². The lowest BCUT2D eigenvalue weighted by Gasteiger charge is -2.37. The molecule has 0 spiro atoms. The van der Waals surface area contributed by atoms with E-state index < -0.39 is 23.8 Å². The van der Waals surface area contributed by atoms with Gasteiger partial charge in [-0.05, 0) is 42.8 Å². The summed E-state index contributed by atoms with van der Waals surface area (Å²) in [6, 6.07) is 13.0. The van der Waals surface area contributed by atoms with Crippen molar-refractivity contribution in [3.8, 4) is 5.75 Å². The number of para-hydroxylation sites is 1. The van der Waals surface area contributed by atoms with Crippen LogP contribution in [0, 0.1) is 11.8 Å². The molecular formula is C26H27NO6S. The lowest BCUT2D eigenvalue weighted by Crippen LogP contribution is -2.43. The lowest BCUT2D eigenvalue weighted by atomic mass is 9.70. The van der Waals surface area contributed by atoms with Crippen LogP contribution in [0.5, 0.6) is 5.75 Å². The lowest BCUT2D eigenvalue weighted by molar-refractivity contribution is -0.151. The monoisotopic (exact) mass is 481 g/mol. The Morgan fingerprint density at radius 3 is 2.56 bits per heavy atom. The molecule has 34 heavy (non-hydrogen) atoms. The summed E-state index contributed by atoms with van der Waals surface area (Å²) in [5, 5.41) is 5.15. The number of Topliss-reactive ketones (excluding diaryl/α,β-unsaturated/α-hetero) is 1. The van der Waals surface area contributed by atoms with Crippen LogP contribution in [0.25, 0.3) is 0 Å². The number of ketones is 1. The maximum Gasteiger partial charge on any atom is 0.336 e. The first-order chi connectivity index (χ1) is 16.4. The smallest absolute Gasteiger partial charge is 0.336 e. The number of thiophene rings is 1. The minimum Gasteiger partial charge on any atom is -0.490 e. The Morgan fingerprint density at radius 1 is 1.12 bits per heavy atom. The first-order valence-electron chi connectivity index (χ1n) is 11.1. The van der Waals surface area contributed by atoms with Crippen LogP contribution in [0.3, 0.4) is 0 Å². The third kappa shape index (κ3) is 4.63. The molecule has 4 rings (SSSR count). The van der Waals surface area contributed by atoms with Gasteiger partial charge in [0.1, 0.15) is 24.9 Å². The largest absolute Gasteiger partial charge is 0.490 e. The van der Waals surface area contributed by atoms with Crippen molar-refractivity contribution in [2.24, 2.45) is 11.8 Å². The number of benzene rings is 1. The molecule has 2 aromatic rings. The first-order valence-corrected chi connectivity index (χ1v) is 12.0. The van der Waals surface area contributed by atoms with E-state index >= 15 is 0 Å². The van der Waals surface area contributed by atoms with Crippen molar-refractivity contribution in [1.82, 2.24) is 5.32 Å². The molecule has 0 fully saturated rings. The Hall–Kier alpha value is -3.39. The fraction of sp³-hybridized carbons (Fsp3) is 0.346. The van der Waals surface area contributed by atoms with Crippen LogP contribution in [0.15, 0.2) is 70.4 Å². The van der Waals surface area contributed by atoms with E-state index in [4.69, 9.17) is 14.2 Å². The fourth-order valence-electron chi connectivity index (χ4n) is 4.58. The second-order valence-electron chi connectivity index (χ2n) is 8.35. The molecule has 2 aliphatic rings. The van der Waals surface area contributed by atoms with Gasteiger partial charge in [-0.3, -0.25) is 9.59 Å². The van der Waals surface area contributed by atoms with E-state index in [1.165, 1.54) is 18.4 Å². The Balaban J connectivity index is 1.59. The van der Waals surface area contributed by atoms with Crippen LogP contribution in [-0.2, 0) is 23.9 Å². The Morgan fingerprint density at radius 2 is 1.88 bits per heavy atom. The molecule has 178 valence electrons. The molecule has 1 aromatic heterocycles. The zero-order valence-electron chi connectivity index (χ0n) is 19.3. The van der Waals surface area contributed by atoms with Gasteiger partial charge in [-0.1, -0.05) is 31.2 Å². The minimum absolute atomic E-state index is 0.0589. The maximum absolute atomic E-state index is 13.6. The third-order valence-electron chi connectivity index (χ3n) is 6.12. The van der Waals surface area contributed by atoms with E-state index in [-0.39, 0.29) is 24.9 Å². The Bertz CT molecular complexity index is 1140. The summed E-state index contributed by atoms with van der Waals surface area (Å²) < 4.78 is 16.1. The second-order valence-corrected chi connectivity index (χ2v) is 9.33. The van der Waals surface area contributed by atoms with E-state index in [0.29, 0.717) is 29.0 Å². The number of dihydropyridines is 1. The van der Waals surface area contributed by atoms with Crippen molar-refractivity contribution < 1.29 is 28.6 Å². The highest BCUT2D eigenvalue weighted by Gasteiger charge is 2.47. The van der Waals surface area contributed by atoms with Gasteiger partial charge in [0.2, 0.25) is 0 Å². The van der Waals surface area contributed by atoms with E-state index in [0.717, 1.165) is 10.6 Å². The molecule has 7 nitrogen and oxygen atoms in total. The number of allylic oxidation sites excluding steroid dienone is 3. The Kier molecular flexibility index (Phi) is 7.17. The van der Waals surface area contributed by atoms with Gasteiger partial charge < -0.3 is 19.5 Å². The van der Waals surface area contributed by atoms with Gasteiger partial charge in [0.15, 0.2) is 5.78 Å². The van der Waals surface area contributed by atoms with Crippen molar-refractivity contribution in [3.63, 3.8) is 0 Å². The van der Waals surface area contributed by atoms with Crippen molar-refractivity contribution >= 4 is 29.1 Å². The molecule has 0 unspecified atom stereocenters. The fourth-order valence-corrected chi connectivity index (χ4v) is 5.42. The predicted octanol–water partition coefficient (Wildman–Crippen LogP) is 3.98. The molecule has 1 aromatic carbocycles. The van der Waals surface area contributed by atoms with Crippen LogP contribution >= 0.6 is 11.3 Å². The molecule has 0 saturated heterocycles. The molecule has 1 N–H and O–H groups in total. The molecule has 2 heterocycles. The number of nitrogens with one attached hydrogen (secondary N) is 1. The Labute approximate surface area is 202 Å². The molecule has 3 atom stereocenters. The molecule has 0 radical (unpaired) electrons. The van der Waals surface area contributed by atoms with Crippen molar-refractivity contribution in [3.05, 3.63) is 75.3 Å². The number of carbonyl (C=O) groups is 3. The number of methoxy groups -OCH3 is 1. The molecule has 1 aliphatic heterocycles. The van der Waals surface area contributed by atoms with Crippen LogP contribution in [0.1, 0.15) is 31.1 Å². The number of esters is 2. The average molecular weight is 482 g/mol. The van der Waals surface area contributed by atoms with Crippen molar-refractivity contribution in [2.75, 3.05) is 20.3 Å². The number of hydrogen-bond acceptors (Lipinski definition) is 8. The maximum atomic E-state index is 13.6. The first kappa shape index (κ1) is 23.8. The zero-order chi connectivity index (χ0) is 24.2. The molecule has 8 heteroatoms. The summed E-state index contributed by atoms with van der Waals surface area (Å²) in [6.07, 6.45) is 0.507. The van der Waals surface area contributed by atoms with Gasteiger partial charge in [-0.25, -0.2) is 4.79 Å². The SMILES string of the molecule is COC(=O)[C@@H]1C(=O)C2=C(C[C@@H]1C)NC(C)=C(C(=O)OCCOc1ccccc1)[C@H]2c1cccs1. The van der Waals surface area contributed by atoms with Gasteiger partial charge in [-0.15, -0.1) is 11.3 Å². The molecule has 1 aliphatic carbocycles. The summed E-state index contributed by atoms with van der Waals surface area (Å²) in [4.78, 5) is 40.1. The minimum atomic E-state index is -0.900. The third-order valence-corrected chi connectivity index (χ3v) is 7.06. The highest BCUT2D eigenvalue weighted by Crippen LogP contribution is 2.46. The van der Waals surface area contributed by atoms with Gasteiger partial charge in [-0.2, -0.15) is 0 Å².